The first-order chi connectivity index (χ1) is 19.6. The molecule has 1 fully saturated rings. The van der Waals surface area contributed by atoms with Crippen LogP contribution in [0.5, 0.6) is 5.75 Å². The molecule has 41 heavy (non-hydrogen) atoms. The minimum Gasteiger partial charge on any atom is -0.494 e. The van der Waals surface area contributed by atoms with Crippen LogP contribution in [0.15, 0.2) is 23.6 Å². The molecule has 1 aromatic heterocycles. The van der Waals surface area contributed by atoms with Gasteiger partial charge in [-0.05, 0) is 58.2 Å². The lowest BCUT2D eigenvalue weighted by Gasteiger charge is -2.24. The molecular formula is C28H41N5O7S. The van der Waals surface area contributed by atoms with Crippen molar-refractivity contribution >= 4 is 40.1 Å². The van der Waals surface area contributed by atoms with Gasteiger partial charge >= 0.3 is 6.09 Å². The zero-order valence-corrected chi connectivity index (χ0v) is 25.2. The first-order valence-corrected chi connectivity index (χ1v) is 14.5. The number of thiazole rings is 1. The molecule has 2 heterocycles. The molecule has 0 saturated carbocycles. The number of alkyl carbamates (subject to hydrolysis) is 1. The van der Waals surface area contributed by atoms with E-state index >= 15 is 0 Å². The van der Waals surface area contributed by atoms with Crippen molar-refractivity contribution < 1.29 is 33.3 Å². The van der Waals surface area contributed by atoms with Crippen LogP contribution in [-0.4, -0.2) is 88.2 Å². The molecule has 0 spiro atoms. The molecule has 1 aliphatic rings. The first-order valence-electron chi connectivity index (χ1n) is 13.6. The number of anilines is 2. The monoisotopic (exact) mass is 591 g/mol. The van der Waals surface area contributed by atoms with E-state index in [4.69, 9.17) is 18.9 Å². The summed E-state index contributed by atoms with van der Waals surface area (Å²) in [5.74, 6) is -0.273. The van der Waals surface area contributed by atoms with Gasteiger partial charge in [0, 0.05) is 51.9 Å². The number of hydrogen-bond acceptors (Lipinski definition) is 10. The highest BCUT2D eigenvalue weighted by atomic mass is 32.1. The van der Waals surface area contributed by atoms with E-state index in [1.807, 2.05) is 11.9 Å². The van der Waals surface area contributed by atoms with Gasteiger partial charge in [-0.2, -0.15) is 0 Å². The Morgan fingerprint density at radius 3 is 2.61 bits per heavy atom. The summed E-state index contributed by atoms with van der Waals surface area (Å²) in [6, 6.07) is 4.92. The van der Waals surface area contributed by atoms with Crippen molar-refractivity contribution in [3.63, 3.8) is 0 Å². The number of rotatable bonds is 13. The number of hydrogen-bond donors (Lipinski definition) is 3. The number of aromatic nitrogens is 1. The van der Waals surface area contributed by atoms with Gasteiger partial charge in [-0.15, -0.1) is 11.3 Å². The average Bonchev–Trinajstić information content (AvgIpc) is 3.42. The third-order valence-corrected chi connectivity index (χ3v) is 6.94. The van der Waals surface area contributed by atoms with Crippen LogP contribution in [0.2, 0.25) is 0 Å². The molecule has 3 rings (SSSR count). The van der Waals surface area contributed by atoms with E-state index in [1.54, 1.807) is 51.5 Å². The SMILES string of the molecule is COCCN(C)c1nc(C(=O)Nc2ccc(OCCCNC(=O)OC(C)(C)C)cc2C(=O)NC2CCOCC2)cs1. The van der Waals surface area contributed by atoms with E-state index in [9.17, 15) is 14.4 Å². The molecule has 3 N–H and O–H groups in total. The van der Waals surface area contributed by atoms with Gasteiger partial charge in [0.2, 0.25) is 0 Å². The molecule has 3 amide bonds. The largest absolute Gasteiger partial charge is 0.494 e. The number of likely N-dealkylation sites (N-methyl/N-ethyl adjacent to an activating group) is 1. The zero-order valence-electron chi connectivity index (χ0n) is 24.4. The van der Waals surface area contributed by atoms with E-state index in [-0.39, 0.29) is 23.2 Å². The maximum Gasteiger partial charge on any atom is 0.407 e. The quantitative estimate of drug-likeness (QED) is 0.298. The summed E-state index contributed by atoms with van der Waals surface area (Å²) in [7, 11) is 3.51. The number of methoxy groups -OCH3 is 1. The van der Waals surface area contributed by atoms with Crippen LogP contribution in [0.25, 0.3) is 0 Å². The molecule has 1 aromatic carbocycles. The van der Waals surface area contributed by atoms with Crippen molar-refractivity contribution in [3.8, 4) is 5.75 Å². The smallest absolute Gasteiger partial charge is 0.407 e. The number of amides is 3. The van der Waals surface area contributed by atoms with Crippen molar-refractivity contribution in [1.82, 2.24) is 15.6 Å². The topological polar surface area (TPSA) is 140 Å². The Bertz CT molecular complexity index is 1160. The summed E-state index contributed by atoms with van der Waals surface area (Å²) in [4.78, 5) is 44.5. The average molecular weight is 592 g/mol. The number of ether oxygens (including phenoxy) is 4. The van der Waals surface area contributed by atoms with Crippen LogP contribution in [0, 0.1) is 0 Å². The zero-order chi connectivity index (χ0) is 29.8. The Labute approximate surface area is 245 Å². The van der Waals surface area contributed by atoms with Crippen LogP contribution >= 0.6 is 11.3 Å². The number of benzene rings is 1. The van der Waals surface area contributed by atoms with Crippen molar-refractivity contribution in [2.45, 2.75) is 51.7 Å². The van der Waals surface area contributed by atoms with Gasteiger partial charge in [-0.1, -0.05) is 0 Å². The van der Waals surface area contributed by atoms with Crippen molar-refractivity contribution in [3.05, 3.63) is 34.8 Å². The van der Waals surface area contributed by atoms with Crippen molar-refractivity contribution in [2.24, 2.45) is 0 Å². The van der Waals surface area contributed by atoms with E-state index in [0.717, 1.165) is 0 Å². The summed E-state index contributed by atoms with van der Waals surface area (Å²) in [5, 5.41) is 10.9. The number of carbonyl (C=O) groups excluding carboxylic acids is 3. The van der Waals surface area contributed by atoms with Gasteiger partial charge in [0.05, 0.1) is 24.5 Å². The van der Waals surface area contributed by atoms with Gasteiger partial charge in [0.1, 0.15) is 17.0 Å². The Balaban J connectivity index is 1.66. The molecule has 1 aliphatic heterocycles. The highest BCUT2D eigenvalue weighted by molar-refractivity contribution is 7.13. The van der Waals surface area contributed by atoms with E-state index in [2.05, 4.69) is 20.9 Å². The molecule has 0 atom stereocenters. The second-order valence-electron chi connectivity index (χ2n) is 10.6. The molecule has 12 nitrogen and oxygen atoms in total. The maximum absolute atomic E-state index is 13.3. The second-order valence-corrected chi connectivity index (χ2v) is 11.4. The lowest BCUT2D eigenvalue weighted by atomic mass is 10.1. The Kier molecular flexibility index (Phi) is 12.2. The summed E-state index contributed by atoms with van der Waals surface area (Å²) in [5.41, 5.74) is 0.312. The Hall–Kier alpha value is -3.42. The van der Waals surface area contributed by atoms with Crippen LogP contribution < -0.4 is 25.6 Å². The molecule has 0 aliphatic carbocycles. The standard InChI is InChI=1S/C28H41N5O7S/c1-28(2,3)40-27(36)29-11-6-13-39-20-7-8-22(21(17-20)24(34)30-19-9-14-38-15-10-19)31-25(35)23-18-41-26(32-23)33(4)12-16-37-5/h7-8,17-19H,6,9-16H2,1-5H3,(H,29,36)(H,30,34)(H,31,35). The predicted molar refractivity (Wildman–Crippen MR) is 157 cm³/mol. The highest BCUT2D eigenvalue weighted by Gasteiger charge is 2.22. The van der Waals surface area contributed by atoms with Gasteiger partial charge in [-0.3, -0.25) is 9.59 Å². The lowest BCUT2D eigenvalue weighted by molar-refractivity contribution is 0.0524. The predicted octanol–water partition coefficient (Wildman–Crippen LogP) is 3.68. The number of nitrogens with one attached hydrogen (secondary N) is 3. The fourth-order valence-corrected chi connectivity index (χ4v) is 4.64. The normalized spacial score (nSPS) is 13.8. The van der Waals surface area contributed by atoms with Gasteiger partial charge in [-0.25, -0.2) is 9.78 Å². The van der Waals surface area contributed by atoms with E-state index in [0.29, 0.717) is 75.3 Å². The summed E-state index contributed by atoms with van der Waals surface area (Å²) in [6.45, 7) is 8.42. The summed E-state index contributed by atoms with van der Waals surface area (Å²) < 4.78 is 21.6. The fraction of sp³-hybridized carbons (Fsp3) is 0.571. The molecule has 2 aromatic rings. The number of carbonyl (C=O) groups is 3. The van der Waals surface area contributed by atoms with Crippen LogP contribution in [-0.2, 0) is 14.2 Å². The van der Waals surface area contributed by atoms with Gasteiger partial charge in [0.25, 0.3) is 11.8 Å². The molecule has 13 heteroatoms. The van der Waals surface area contributed by atoms with Crippen molar-refractivity contribution in [1.29, 1.82) is 0 Å². The highest BCUT2D eigenvalue weighted by Crippen LogP contribution is 2.25. The molecule has 0 bridgehead atoms. The molecule has 0 radical (unpaired) electrons. The Morgan fingerprint density at radius 2 is 1.90 bits per heavy atom. The Morgan fingerprint density at radius 1 is 1.15 bits per heavy atom. The first kappa shape index (κ1) is 32.1. The fourth-order valence-electron chi connectivity index (χ4n) is 3.84. The molecule has 0 unspecified atom stereocenters. The minimum atomic E-state index is -0.568. The van der Waals surface area contributed by atoms with Crippen LogP contribution in [0.3, 0.4) is 0 Å². The second kappa shape index (κ2) is 15.5. The summed E-state index contributed by atoms with van der Waals surface area (Å²) >= 11 is 1.35. The summed E-state index contributed by atoms with van der Waals surface area (Å²) in [6.07, 6.45) is 1.48. The lowest BCUT2D eigenvalue weighted by Crippen LogP contribution is -2.39. The van der Waals surface area contributed by atoms with Gasteiger partial charge in [0.15, 0.2) is 5.13 Å². The minimum absolute atomic E-state index is 0.0213. The molecule has 226 valence electrons. The maximum atomic E-state index is 13.3. The van der Waals surface area contributed by atoms with Gasteiger partial charge < -0.3 is 39.8 Å². The van der Waals surface area contributed by atoms with Crippen LogP contribution in [0.1, 0.15) is 60.9 Å². The van der Waals surface area contributed by atoms with E-state index in [1.165, 1.54) is 11.3 Å². The van der Waals surface area contributed by atoms with Crippen LogP contribution in [0.4, 0.5) is 15.6 Å². The molecule has 1 saturated heterocycles. The number of nitrogens with zero attached hydrogens (tertiary/aromatic N) is 2. The third-order valence-electron chi connectivity index (χ3n) is 5.98. The molecular weight excluding hydrogens is 550 g/mol. The third kappa shape index (κ3) is 10.8. The van der Waals surface area contributed by atoms with Crippen molar-refractivity contribution in [2.75, 3.05) is 63.9 Å². The van der Waals surface area contributed by atoms with E-state index < -0.39 is 17.6 Å².